The summed E-state index contributed by atoms with van der Waals surface area (Å²) in [6.45, 7) is 9.29. The van der Waals surface area contributed by atoms with Crippen LogP contribution in [0.2, 0.25) is 0 Å². The molecule has 3 N–H and O–H groups in total. The maximum absolute atomic E-state index is 13.6. The lowest BCUT2D eigenvalue weighted by molar-refractivity contribution is -0.140. The molecule has 1 fully saturated rings. The van der Waals surface area contributed by atoms with Crippen LogP contribution in [0.1, 0.15) is 51.2 Å². The maximum atomic E-state index is 13.6. The van der Waals surface area contributed by atoms with Gasteiger partial charge in [0.1, 0.15) is 5.52 Å². The van der Waals surface area contributed by atoms with Crippen molar-refractivity contribution in [2.24, 2.45) is 0 Å². The quantitative estimate of drug-likeness (QED) is 0.208. The summed E-state index contributed by atoms with van der Waals surface area (Å²) in [4.78, 5) is 53.4. The number of carbonyl (C=O) groups excluding carboxylic acids is 2. The number of anilines is 1. The number of amides is 1. The van der Waals surface area contributed by atoms with E-state index in [1.54, 1.807) is 0 Å². The van der Waals surface area contributed by atoms with Gasteiger partial charge in [-0.15, -0.1) is 0 Å². The van der Waals surface area contributed by atoms with Gasteiger partial charge in [-0.3, -0.25) is 19.1 Å². The van der Waals surface area contributed by atoms with E-state index in [2.05, 4.69) is 26.8 Å². The van der Waals surface area contributed by atoms with Crippen molar-refractivity contribution in [2.45, 2.75) is 71.8 Å². The number of carbonyl (C=O) groups is 2. The third kappa shape index (κ3) is 8.77. The summed E-state index contributed by atoms with van der Waals surface area (Å²) in [6.07, 6.45) is 2.60. The molecule has 0 unspecified atom stereocenters. The molecule has 234 valence electrons. The van der Waals surface area contributed by atoms with E-state index in [1.807, 2.05) is 43.0 Å². The van der Waals surface area contributed by atoms with Gasteiger partial charge in [-0.2, -0.15) is 9.97 Å². The number of hydrogen-bond donors (Lipinski definition) is 2. The number of nitrogens with two attached hydrogens (primary N) is 1. The van der Waals surface area contributed by atoms with E-state index in [1.165, 1.54) is 11.7 Å². The summed E-state index contributed by atoms with van der Waals surface area (Å²) in [5.74, 6) is -0.170. The van der Waals surface area contributed by atoms with Crippen molar-refractivity contribution in [3.63, 3.8) is 0 Å². The Morgan fingerprint density at radius 2 is 1.81 bits per heavy atom. The lowest BCUT2D eigenvalue weighted by Crippen LogP contribution is -2.49. The molecule has 2 aromatic heterocycles. The second-order valence-corrected chi connectivity index (χ2v) is 11.1. The first-order chi connectivity index (χ1) is 20.7. The number of imidazole rings is 1. The number of fused-ring (bicyclic) bond motifs is 1. The predicted octanol–water partition coefficient (Wildman–Crippen LogP) is 2.12. The Morgan fingerprint density at radius 3 is 2.49 bits per heavy atom. The highest BCUT2D eigenvalue weighted by Gasteiger charge is 2.26. The number of nitrogen functional groups attached to an aromatic ring is 1. The van der Waals surface area contributed by atoms with E-state index in [9.17, 15) is 14.4 Å². The van der Waals surface area contributed by atoms with Gasteiger partial charge in [0.05, 0.1) is 38.9 Å². The molecule has 0 radical (unpaired) electrons. The Balaban J connectivity index is 1.48. The van der Waals surface area contributed by atoms with Crippen molar-refractivity contribution < 1.29 is 23.8 Å². The fourth-order valence-electron chi connectivity index (χ4n) is 5.25. The molecule has 0 aliphatic carbocycles. The van der Waals surface area contributed by atoms with Gasteiger partial charge in [0, 0.05) is 32.7 Å². The first-order valence-corrected chi connectivity index (χ1v) is 14.9. The number of esters is 1. The van der Waals surface area contributed by atoms with Crippen molar-refractivity contribution in [3.05, 3.63) is 45.9 Å². The number of methoxy groups -OCH3 is 1. The summed E-state index contributed by atoms with van der Waals surface area (Å²) >= 11 is 0. The monoisotopic (exact) mass is 597 g/mol. The average Bonchev–Trinajstić information content (AvgIpc) is 3.28. The van der Waals surface area contributed by atoms with Crippen LogP contribution >= 0.6 is 0 Å². The third-order valence-electron chi connectivity index (χ3n) is 7.35. The number of rotatable bonds is 14. The van der Waals surface area contributed by atoms with Crippen molar-refractivity contribution in [3.8, 4) is 6.01 Å². The number of H-pyrrole nitrogens is 1. The fraction of sp³-hybridized carbons (Fsp3) is 0.567. The zero-order valence-electron chi connectivity index (χ0n) is 25.5. The van der Waals surface area contributed by atoms with Crippen molar-refractivity contribution in [1.82, 2.24) is 29.3 Å². The molecule has 0 bridgehead atoms. The molecule has 0 saturated carbocycles. The van der Waals surface area contributed by atoms with Crippen LogP contribution in [0, 0.1) is 0 Å². The molecule has 1 aromatic carbocycles. The molecule has 1 aliphatic rings. The van der Waals surface area contributed by atoms with Crippen LogP contribution in [0.4, 0.5) is 5.82 Å². The molecule has 0 spiro atoms. The van der Waals surface area contributed by atoms with E-state index in [-0.39, 0.29) is 54.6 Å². The van der Waals surface area contributed by atoms with Crippen LogP contribution in [0.3, 0.4) is 0 Å². The van der Waals surface area contributed by atoms with Crippen LogP contribution < -0.4 is 16.2 Å². The highest BCUT2D eigenvalue weighted by atomic mass is 16.5. The van der Waals surface area contributed by atoms with Gasteiger partial charge < -0.3 is 29.8 Å². The number of unbranched alkanes of at least 4 members (excludes halogenated alkanes) is 1. The number of nitrogens with one attached hydrogen (secondary N) is 1. The number of benzene rings is 1. The SMILES string of the molecule is CCCCOc1nc(N)c2[nH]c(=O)n(CCCN(Cc3ccc(CC(=O)OC)cc3)C(=O)CN3C[C@@H](C)O[C@@H](C)C3)c2n1. The third-order valence-corrected chi connectivity index (χ3v) is 7.35. The van der Waals surface area contributed by atoms with Gasteiger partial charge in [-0.1, -0.05) is 37.6 Å². The first-order valence-electron chi connectivity index (χ1n) is 14.9. The Kier molecular flexibility index (Phi) is 11.1. The molecule has 1 amide bonds. The molecule has 4 rings (SSSR count). The van der Waals surface area contributed by atoms with Gasteiger partial charge in [-0.25, -0.2) is 4.79 Å². The van der Waals surface area contributed by atoms with Crippen molar-refractivity contribution in [1.29, 1.82) is 0 Å². The molecule has 2 atom stereocenters. The van der Waals surface area contributed by atoms with Crippen molar-refractivity contribution in [2.75, 3.05) is 45.6 Å². The van der Waals surface area contributed by atoms with Gasteiger partial charge in [0.25, 0.3) is 0 Å². The predicted molar refractivity (Wildman–Crippen MR) is 162 cm³/mol. The highest BCUT2D eigenvalue weighted by Crippen LogP contribution is 2.19. The van der Waals surface area contributed by atoms with Crippen LogP contribution in [0.5, 0.6) is 6.01 Å². The number of aromatic nitrogens is 4. The highest BCUT2D eigenvalue weighted by molar-refractivity contribution is 5.82. The normalized spacial score (nSPS) is 17.2. The summed E-state index contributed by atoms with van der Waals surface area (Å²) < 4.78 is 17.7. The molecule has 43 heavy (non-hydrogen) atoms. The molecule has 3 aromatic rings. The van der Waals surface area contributed by atoms with E-state index < -0.39 is 0 Å². The Hall–Kier alpha value is -3.97. The number of morpholine rings is 1. The number of ether oxygens (including phenoxy) is 3. The molecular formula is C30H43N7O6. The van der Waals surface area contributed by atoms with Gasteiger partial charge in [-0.05, 0) is 37.8 Å². The smallest absolute Gasteiger partial charge is 0.327 e. The summed E-state index contributed by atoms with van der Waals surface area (Å²) in [5.41, 5.74) is 8.25. The lowest BCUT2D eigenvalue weighted by Gasteiger charge is -2.36. The Morgan fingerprint density at radius 1 is 1.12 bits per heavy atom. The van der Waals surface area contributed by atoms with E-state index in [0.29, 0.717) is 56.9 Å². The van der Waals surface area contributed by atoms with Gasteiger partial charge in [0.15, 0.2) is 11.5 Å². The van der Waals surface area contributed by atoms with Crippen LogP contribution in [-0.2, 0) is 38.6 Å². The van der Waals surface area contributed by atoms with Crippen molar-refractivity contribution >= 4 is 28.9 Å². The van der Waals surface area contributed by atoms with Gasteiger partial charge >= 0.3 is 17.7 Å². The molecular weight excluding hydrogens is 554 g/mol. The fourth-order valence-corrected chi connectivity index (χ4v) is 5.25. The van der Waals surface area contributed by atoms with Gasteiger partial charge in [0.2, 0.25) is 5.91 Å². The Bertz CT molecular complexity index is 1430. The van der Waals surface area contributed by atoms with Crippen LogP contribution in [-0.4, -0.2) is 93.3 Å². The summed E-state index contributed by atoms with van der Waals surface area (Å²) in [7, 11) is 1.36. The Labute approximate surface area is 251 Å². The molecule has 3 heterocycles. The molecule has 13 heteroatoms. The van der Waals surface area contributed by atoms with E-state index in [4.69, 9.17) is 19.9 Å². The minimum atomic E-state index is -0.350. The summed E-state index contributed by atoms with van der Waals surface area (Å²) in [6, 6.07) is 7.71. The zero-order valence-corrected chi connectivity index (χ0v) is 25.5. The molecule has 13 nitrogen and oxygen atoms in total. The second kappa shape index (κ2) is 15.0. The largest absolute Gasteiger partial charge is 0.469 e. The molecule has 1 saturated heterocycles. The lowest BCUT2D eigenvalue weighted by atomic mass is 10.1. The van der Waals surface area contributed by atoms with Crippen LogP contribution in [0.25, 0.3) is 11.2 Å². The number of aryl methyl sites for hydroxylation is 1. The zero-order chi connectivity index (χ0) is 30.9. The number of nitrogens with zero attached hydrogens (tertiary/aromatic N) is 5. The minimum absolute atomic E-state index is 0.00982. The standard InChI is InChI=1S/C30H43N7O6/c1-5-6-14-42-29-33-27(31)26-28(34-29)37(30(40)32-26)13-7-12-36(24(38)19-35-16-20(2)43-21(3)17-35)18-23-10-8-22(9-11-23)15-25(39)41-4/h8-11,20-21H,5-7,12-19H2,1-4H3,(H,32,40)(H2,31,33,34)/t20-,21+. The average molecular weight is 598 g/mol. The summed E-state index contributed by atoms with van der Waals surface area (Å²) in [5, 5.41) is 0. The molecule has 1 aliphatic heterocycles. The van der Waals surface area contributed by atoms with E-state index in [0.717, 1.165) is 24.0 Å². The maximum Gasteiger partial charge on any atom is 0.327 e. The van der Waals surface area contributed by atoms with E-state index >= 15 is 0 Å². The first kappa shape index (κ1) is 32.0. The minimum Gasteiger partial charge on any atom is -0.469 e. The number of aromatic amines is 1. The van der Waals surface area contributed by atoms with Crippen LogP contribution in [0.15, 0.2) is 29.1 Å². The topological polar surface area (TPSA) is 158 Å². The second-order valence-electron chi connectivity index (χ2n) is 11.1. The number of hydrogen-bond acceptors (Lipinski definition) is 10.